The molecule has 0 amide bonds. The lowest BCUT2D eigenvalue weighted by atomic mass is 9.98. The molecule has 0 atom stereocenters. The van der Waals surface area contributed by atoms with Crippen molar-refractivity contribution in [2.24, 2.45) is 0 Å². The zero-order chi connectivity index (χ0) is 33.1. The lowest BCUT2D eigenvalue weighted by Gasteiger charge is -2.15. The zero-order valence-corrected chi connectivity index (χ0v) is 24.9. The van der Waals surface area contributed by atoms with Gasteiger partial charge in [0, 0.05) is 20.9 Å². The van der Waals surface area contributed by atoms with E-state index in [9.17, 15) is 0 Å². The van der Waals surface area contributed by atoms with Gasteiger partial charge in [-0.2, -0.15) is 0 Å². The van der Waals surface area contributed by atoms with Crippen LogP contribution in [0, 0.1) is 6.85 Å². The largest absolute Gasteiger partial charge is 0.307 e. The van der Waals surface area contributed by atoms with E-state index in [2.05, 4.69) is 123 Å². The number of hydrogen-bond donors (Lipinski definition) is 0. The molecule has 0 aliphatic heterocycles. The molecule has 3 heterocycles. The average molecular weight is 594 g/mol. The molecule has 0 fully saturated rings. The molecule has 0 radical (unpaired) electrons. The smallest absolute Gasteiger partial charge is 0.220 e. The van der Waals surface area contributed by atoms with Crippen molar-refractivity contribution in [3.63, 3.8) is 0 Å². The molecular formula is C42H30N4. The molecule has 0 saturated carbocycles. The minimum absolute atomic E-state index is 0.239. The summed E-state index contributed by atoms with van der Waals surface area (Å²) < 4.78 is 31.8. The second-order valence-corrected chi connectivity index (χ2v) is 11.4. The standard InChI is InChI=1S/C42H30N4/c1-29-17-16-28-36-38(29)43-42-45(36)34-26-14-15-27-35(34)46(42)41-37(30-18-6-2-7-19-30)39(31-20-8-3-9-21-31)44(33-24-12-5-13-25-33)40(41)32-22-10-4-11-23-32/h2-28H,1H3/i1D3. The molecule has 0 unspecified atom stereocenters. The van der Waals surface area contributed by atoms with Crippen molar-refractivity contribution in [1.29, 1.82) is 0 Å². The Morgan fingerprint density at radius 1 is 0.478 bits per heavy atom. The normalized spacial score (nSPS) is 12.8. The van der Waals surface area contributed by atoms with E-state index in [1.54, 1.807) is 6.07 Å². The Morgan fingerprint density at radius 3 is 1.67 bits per heavy atom. The lowest BCUT2D eigenvalue weighted by Crippen LogP contribution is -2.02. The SMILES string of the molecule is [2H]C([2H])([2H])c1cccc2c1nc1n(-c3c(-c4ccccc4)c(-c4ccccc4)n(-c4ccccc4)c3-c3ccccc3)c3ccccc3n21. The van der Waals surface area contributed by atoms with Crippen LogP contribution in [0.2, 0.25) is 0 Å². The van der Waals surface area contributed by atoms with Crippen LogP contribution in [0.3, 0.4) is 0 Å². The minimum Gasteiger partial charge on any atom is -0.307 e. The first-order valence-corrected chi connectivity index (χ1v) is 15.4. The van der Waals surface area contributed by atoms with E-state index in [1.165, 1.54) is 0 Å². The summed E-state index contributed by atoms with van der Waals surface area (Å²) >= 11 is 0. The second kappa shape index (κ2) is 10.5. The van der Waals surface area contributed by atoms with Gasteiger partial charge in [-0.3, -0.25) is 8.97 Å². The summed E-state index contributed by atoms with van der Waals surface area (Å²) in [5.74, 6) is 0.645. The van der Waals surface area contributed by atoms with Crippen LogP contribution in [-0.4, -0.2) is 18.5 Å². The van der Waals surface area contributed by atoms with E-state index < -0.39 is 6.85 Å². The highest BCUT2D eigenvalue weighted by molar-refractivity contribution is 6.01. The number of para-hydroxylation sites is 4. The number of imidazole rings is 2. The first-order chi connectivity index (χ1) is 24.0. The van der Waals surface area contributed by atoms with Crippen molar-refractivity contribution in [2.45, 2.75) is 6.85 Å². The summed E-state index contributed by atoms with van der Waals surface area (Å²) in [5.41, 5.74) is 11.6. The van der Waals surface area contributed by atoms with E-state index in [1.807, 2.05) is 48.5 Å². The summed E-state index contributed by atoms with van der Waals surface area (Å²) in [6.07, 6.45) is 0. The van der Waals surface area contributed by atoms with E-state index in [0.717, 1.165) is 61.6 Å². The molecule has 218 valence electrons. The Balaban J connectivity index is 1.57. The number of aromatic nitrogens is 4. The van der Waals surface area contributed by atoms with Crippen molar-refractivity contribution in [3.8, 4) is 45.0 Å². The fourth-order valence-electron chi connectivity index (χ4n) is 6.87. The molecule has 0 saturated heterocycles. The molecule has 9 aromatic rings. The lowest BCUT2D eigenvalue weighted by molar-refractivity contribution is 1.07. The van der Waals surface area contributed by atoms with Gasteiger partial charge in [0.1, 0.15) is 0 Å². The molecule has 4 nitrogen and oxygen atoms in total. The first kappa shape index (κ1) is 23.3. The third-order valence-corrected chi connectivity index (χ3v) is 8.77. The molecule has 9 rings (SSSR count). The summed E-state index contributed by atoms with van der Waals surface area (Å²) in [5, 5.41) is 0. The van der Waals surface area contributed by atoms with Gasteiger partial charge in [-0.25, -0.2) is 4.98 Å². The van der Waals surface area contributed by atoms with E-state index in [-0.39, 0.29) is 5.56 Å². The summed E-state index contributed by atoms with van der Waals surface area (Å²) in [7, 11) is 0. The van der Waals surface area contributed by atoms with E-state index in [4.69, 9.17) is 9.10 Å². The number of hydrogen-bond acceptors (Lipinski definition) is 1. The van der Waals surface area contributed by atoms with Crippen molar-refractivity contribution in [2.75, 3.05) is 0 Å². The van der Waals surface area contributed by atoms with Gasteiger partial charge in [0.25, 0.3) is 0 Å². The van der Waals surface area contributed by atoms with Crippen molar-refractivity contribution in [3.05, 3.63) is 169 Å². The average Bonchev–Trinajstić information content (AvgIpc) is 3.80. The van der Waals surface area contributed by atoms with Gasteiger partial charge in [0.05, 0.1) is 39.1 Å². The van der Waals surface area contributed by atoms with Crippen molar-refractivity contribution < 1.29 is 4.11 Å². The van der Waals surface area contributed by atoms with Gasteiger partial charge in [0.2, 0.25) is 5.78 Å². The Labute approximate surface area is 271 Å². The van der Waals surface area contributed by atoms with Gasteiger partial charge in [-0.15, -0.1) is 0 Å². The highest BCUT2D eigenvalue weighted by Crippen LogP contribution is 2.48. The molecule has 0 aliphatic rings. The molecule has 6 aromatic carbocycles. The van der Waals surface area contributed by atoms with Gasteiger partial charge in [-0.05, 0) is 53.9 Å². The monoisotopic (exact) mass is 593 g/mol. The van der Waals surface area contributed by atoms with Crippen LogP contribution in [0.1, 0.15) is 9.68 Å². The molecule has 4 heteroatoms. The Bertz CT molecular complexity index is 2520. The second-order valence-electron chi connectivity index (χ2n) is 11.4. The topological polar surface area (TPSA) is 27.2 Å². The first-order valence-electron chi connectivity index (χ1n) is 16.9. The van der Waals surface area contributed by atoms with Crippen LogP contribution in [0.5, 0.6) is 0 Å². The van der Waals surface area contributed by atoms with Crippen LogP contribution in [0.15, 0.2) is 164 Å². The molecule has 0 spiro atoms. The van der Waals surface area contributed by atoms with E-state index >= 15 is 0 Å². The third kappa shape index (κ3) is 3.90. The molecular weight excluding hydrogens is 560 g/mol. The van der Waals surface area contributed by atoms with Crippen LogP contribution in [0.4, 0.5) is 0 Å². The number of rotatable bonds is 5. The summed E-state index contributed by atoms with van der Waals surface area (Å²) in [6, 6.07) is 55.7. The fourth-order valence-corrected chi connectivity index (χ4v) is 6.87. The van der Waals surface area contributed by atoms with Gasteiger partial charge in [0.15, 0.2) is 0 Å². The highest BCUT2D eigenvalue weighted by Gasteiger charge is 2.31. The Morgan fingerprint density at radius 2 is 1.02 bits per heavy atom. The number of fused-ring (bicyclic) bond motifs is 5. The van der Waals surface area contributed by atoms with Gasteiger partial charge in [-0.1, -0.05) is 133 Å². The third-order valence-electron chi connectivity index (χ3n) is 8.77. The Hall–Kier alpha value is -6.13. The van der Waals surface area contributed by atoms with E-state index in [0.29, 0.717) is 11.3 Å². The van der Waals surface area contributed by atoms with Gasteiger partial charge < -0.3 is 4.57 Å². The molecule has 3 aromatic heterocycles. The minimum atomic E-state index is -2.32. The van der Waals surface area contributed by atoms with Crippen LogP contribution < -0.4 is 0 Å². The summed E-state index contributed by atoms with van der Waals surface area (Å²) in [4.78, 5) is 5.21. The maximum absolute atomic E-state index is 8.35. The maximum Gasteiger partial charge on any atom is 0.220 e. The van der Waals surface area contributed by atoms with Crippen LogP contribution in [-0.2, 0) is 0 Å². The number of nitrogens with zero attached hydrogens (tertiary/aromatic N) is 4. The quantitative estimate of drug-likeness (QED) is 0.195. The number of aryl methyl sites for hydroxylation is 1. The zero-order valence-electron chi connectivity index (χ0n) is 27.9. The Kier molecular flexibility index (Phi) is 5.31. The van der Waals surface area contributed by atoms with Crippen molar-refractivity contribution >= 4 is 27.8 Å². The maximum atomic E-state index is 8.35. The van der Waals surface area contributed by atoms with Gasteiger partial charge >= 0.3 is 0 Å². The number of benzene rings is 6. The fraction of sp³-hybridized carbons (Fsp3) is 0.0238. The molecule has 0 bridgehead atoms. The molecule has 0 N–H and O–H groups in total. The predicted molar refractivity (Wildman–Crippen MR) is 190 cm³/mol. The highest BCUT2D eigenvalue weighted by atomic mass is 15.2. The molecule has 0 aliphatic carbocycles. The molecule has 46 heavy (non-hydrogen) atoms. The van der Waals surface area contributed by atoms with Crippen LogP contribution >= 0.6 is 0 Å². The predicted octanol–water partition coefficient (Wildman–Crippen LogP) is 10.5. The van der Waals surface area contributed by atoms with Crippen LogP contribution in [0.25, 0.3) is 72.9 Å². The van der Waals surface area contributed by atoms with Crippen molar-refractivity contribution in [1.82, 2.24) is 18.5 Å². The summed E-state index contributed by atoms with van der Waals surface area (Å²) in [6.45, 7) is -2.32.